The standard InChI is InChI=1S/C10H12BrNO6S2/c1-6(10(13)14)12-20(17,18)9-4-3-7(5-8(9)11)19(2,15)16/h3-6,12H,1-2H3,(H,13,14). The molecule has 1 atom stereocenters. The lowest BCUT2D eigenvalue weighted by atomic mass is 10.4. The van der Waals surface area contributed by atoms with E-state index in [2.05, 4.69) is 15.9 Å². The van der Waals surface area contributed by atoms with Crippen LogP contribution in [-0.2, 0) is 24.7 Å². The number of carboxylic acids is 1. The first-order valence-corrected chi connectivity index (χ1v) is 9.36. The first kappa shape index (κ1) is 17.1. The zero-order chi connectivity index (χ0) is 15.7. The van der Waals surface area contributed by atoms with Crippen molar-refractivity contribution in [3.8, 4) is 0 Å². The summed E-state index contributed by atoms with van der Waals surface area (Å²) in [6.45, 7) is 1.18. The molecule has 0 aliphatic rings. The second-order valence-electron chi connectivity index (χ2n) is 4.05. The lowest BCUT2D eigenvalue weighted by molar-refractivity contribution is -0.138. The number of halogens is 1. The summed E-state index contributed by atoms with van der Waals surface area (Å²) >= 11 is 2.97. The van der Waals surface area contributed by atoms with Crippen LogP contribution >= 0.6 is 15.9 Å². The number of benzene rings is 1. The van der Waals surface area contributed by atoms with Crippen molar-refractivity contribution in [2.75, 3.05) is 6.26 Å². The lowest BCUT2D eigenvalue weighted by Crippen LogP contribution is -2.38. The molecule has 112 valence electrons. The van der Waals surface area contributed by atoms with Gasteiger partial charge in [0.2, 0.25) is 10.0 Å². The van der Waals surface area contributed by atoms with Gasteiger partial charge in [-0.2, -0.15) is 4.72 Å². The summed E-state index contributed by atoms with van der Waals surface area (Å²) in [6.07, 6.45) is 0.994. The Balaban J connectivity index is 3.25. The van der Waals surface area contributed by atoms with Crippen molar-refractivity contribution in [2.24, 2.45) is 0 Å². The van der Waals surface area contributed by atoms with Crippen LogP contribution in [0.4, 0.5) is 0 Å². The smallest absolute Gasteiger partial charge is 0.321 e. The number of carbonyl (C=O) groups is 1. The fourth-order valence-electron chi connectivity index (χ4n) is 1.28. The van der Waals surface area contributed by atoms with E-state index >= 15 is 0 Å². The van der Waals surface area contributed by atoms with Gasteiger partial charge in [-0.1, -0.05) is 0 Å². The van der Waals surface area contributed by atoms with Gasteiger partial charge in [0, 0.05) is 10.7 Å². The number of sulfone groups is 1. The SMILES string of the molecule is CC(NS(=O)(=O)c1ccc(S(C)(=O)=O)cc1Br)C(=O)O. The van der Waals surface area contributed by atoms with E-state index in [0.29, 0.717) is 0 Å². The Morgan fingerprint density at radius 3 is 2.25 bits per heavy atom. The van der Waals surface area contributed by atoms with Crippen molar-refractivity contribution in [1.82, 2.24) is 4.72 Å². The van der Waals surface area contributed by atoms with Crippen LogP contribution < -0.4 is 4.72 Å². The van der Waals surface area contributed by atoms with E-state index in [1.807, 2.05) is 4.72 Å². The predicted octanol–water partition coefficient (Wildman–Crippen LogP) is 0.604. The van der Waals surface area contributed by atoms with Gasteiger partial charge in [0.05, 0.1) is 9.79 Å². The molecule has 0 saturated carbocycles. The monoisotopic (exact) mass is 385 g/mol. The maximum Gasteiger partial charge on any atom is 0.321 e. The van der Waals surface area contributed by atoms with E-state index < -0.39 is 31.9 Å². The molecule has 0 aliphatic heterocycles. The highest BCUT2D eigenvalue weighted by molar-refractivity contribution is 9.10. The van der Waals surface area contributed by atoms with E-state index in [1.54, 1.807) is 0 Å². The van der Waals surface area contributed by atoms with Crippen LogP contribution in [0.1, 0.15) is 6.92 Å². The van der Waals surface area contributed by atoms with E-state index in [1.165, 1.54) is 6.92 Å². The summed E-state index contributed by atoms with van der Waals surface area (Å²) < 4.78 is 48.6. The fourth-order valence-corrected chi connectivity index (χ4v) is 4.35. The van der Waals surface area contributed by atoms with Crippen LogP contribution in [0.15, 0.2) is 32.5 Å². The van der Waals surface area contributed by atoms with Gasteiger partial charge >= 0.3 is 5.97 Å². The van der Waals surface area contributed by atoms with Crippen molar-refractivity contribution < 1.29 is 26.7 Å². The summed E-state index contributed by atoms with van der Waals surface area (Å²) in [5.41, 5.74) is 0. The third-order valence-electron chi connectivity index (χ3n) is 2.32. The Hall–Kier alpha value is -0.970. The third-order valence-corrected chi connectivity index (χ3v) is 5.95. The lowest BCUT2D eigenvalue weighted by Gasteiger charge is -2.12. The molecule has 1 unspecified atom stereocenters. The molecule has 1 aromatic rings. The number of hydrogen-bond acceptors (Lipinski definition) is 5. The Labute approximate surface area is 125 Å². The zero-order valence-corrected chi connectivity index (χ0v) is 13.7. The normalized spacial score (nSPS) is 13.9. The molecule has 1 rings (SSSR count). The van der Waals surface area contributed by atoms with Crippen molar-refractivity contribution >= 4 is 41.8 Å². The number of hydrogen-bond donors (Lipinski definition) is 2. The molecule has 1 aromatic carbocycles. The van der Waals surface area contributed by atoms with Gasteiger partial charge in [0.1, 0.15) is 6.04 Å². The Morgan fingerprint density at radius 2 is 1.85 bits per heavy atom. The predicted molar refractivity (Wildman–Crippen MR) is 74.7 cm³/mol. The number of nitrogens with one attached hydrogen (secondary N) is 1. The molecule has 20 heavy (non-hydrogen) atoms. The minimum Gasteiger partial charge on any atom is -0.480 e. The topological polar surface area (TPSA) is 118 Å². The molecule has 0 heterocycles. The highest BCUT2D eigenvalue weighted by Gasteiger charge is 2.24. The molecule has 0 bridgehead atoms. The molecule has 0 saturated heterocycles. The summed E-state index contributed by atoms with van der Waals surface area (Å²) in [7, 11) is -7.53. The molecule has 0 aromatic heterocycles. The van der Waals surface area contributed by atoms with Gasteiger partial charge in [-0.25, -0.2) is 16.8 Å². The largest absolute Gasteiger partial charge is 0.480 e. The second kappa shape index (κ2) is 5.80. The van der Waals surface area contributed by atoms with E-state index in [4.69, 9.17) is 5.11 Å². The number of carboxylic acid groups (broad SMARTS) is 1. The quantitative estimate of drug-likeness (QED) is 0.766. The van der Waals surface area contributed by atoms with Crippen LogP contribution in [0.3, 0.4) is 0 Å². The number of rotatable bonds is 5. The first-order valence-electron chi connectivity index (χ1n) is 5.20. The fraction of sp³-hybridized carbons (Fsp3) is 0.300. The molecule has 0 radical (unpaired) electrons. The third kappa shape index (κ3) is 4.01. The molecular formula is C10H12BrNO6S2. The Bertz CT molecular complexity index is 741. The molecule has 10 heteroatoms. The zero-order valence-electron chi connectivity index (χ0n) is 10.5. The molecule has 0 aliphatic carbocycles. The summed E-state index contributed by atoms with van der Waals surface area (Å²) in [6, 6.07) is 2.08. The van der Waals surface area contributed by atoms with Crippen LogP contribution in [0.2, 0.25) is 0 Å². The number of aliphatic carboxylic acids is 1. The van der Waals surface area contributed by atoms with Crippen molar-refractivity contribution in [2.45, 2.75) is 22.8 Å². The van der Waals surface area contributed by atoms with E-state index in [9.17, 15) is 21.6 Å². The Kier molecular flexibility index (Phi) is 4.95. The van der Waals surface area contributed by atoms with Crippen LogP contribution in [0.5, 0.6) is 0 Å². The molecule has 0 fully saturated rings. The summed E-state index contributed by atoms with van der Waals surface area (Å²) in [5.74, 6) is -1.32. The van der Waals surface area contributed by atoms with Gasteiger partial charge in [-0.3, -0.25) is 4.79 Å². The van der Waals surface area contributed by atoms with Crippen molar-refractivity contribution in [1.29, 1.82) is 0 Å². The average molecular weight is 386 g/mol. The minimum atomic E-state index is -4.07. The molecule has 0 amide bonds. The summed E-state index contributed by atoms with van der Waals surface area (Å²) in [5, 5.41) is 8.69. The van der Waals surface area contributed by atoms with Gasteiger partial charge in [0.15, 0.2) is 9.84 Å². The molecule has 2 N–H and O–H groups in total. The van der Waals surface area contributed by atoms with Gasteiger partial charge in [0.25, 0.3) is 0 Å². The van der Waals surface area contributed by atoms with Gasteiger partial charge in [-0.05, 0) is 41.1 Å². The maximum atomic E-state index is 12.0. The first-order chi connectivity index (χ1) is 8.95. The van der Waals surface area contributed by atoms with E-state index in [-0.39, 0.29) is 14.3 Å². The number of sulfonamides is 1. The van der Waals surface area contributed by atoms with Gasteiger partial charge in [-0.15, -0.1) is 0 Å². The highest BCUT2D eigenvalue weighted by Crippen LogP contribution is 2.25. The summed E-state index contributed by atoms with van der Waals surface area (Å²) in [4.78, 5) is 10.4. The van der Waals surface area contributed by atoms with E-state index in [0.717, 1.165) is 24.5 Å². The van der Waals surface area contributed by atoms with Crippen molar-refractivity contribution in [3.63, 3.8) is 0 Å². The second-order valence-corrected chi connectivity index (χ2v) is 8.60. The van der Waals surface area contributed by atoms with Crippen LogP contribution in [-0.4, -0.2) is 40.2 Å². The molecule has 0 spiro atoms. The Morgan fingerprint density at radius 1 is 1.30 bits per heavy atom. The molecule has 7 nitrogen and oxygen atoms in total. The van der Waals surface area contributed by atoms with Crippen LogP contribution in [0.25, 0.3) is 0 Å². The minimum absolute atomic E-state index is 0.0329. The van der Waals surface area contributed by atoms with Crippen molar-refractivity contribution in [3.05, 3.63) is 22.7 Å². The average Bonchev–Trinajstić information content (AvgIpc) is 2.26. The molecular weight excluding hydrogens is 374 g/mol. The highest BCUT2D eigenvalue weighted by atomic mass is 79.9. The maximum absolute atomic E-state index is 12.0. The van der Waals surface area contributed by atoms with Crippen LogP contribution in [0, 0.1) is 0 Å². The van der Waals surface area contributed by atoms with Gasteiger partial charge < -0.3 is 5.11 Å².